The van der Waals surface area contributed by atoms with Gasteiger partial charge in [0.15, 0.2) is 5.15 Å². The number of ether oxygens (including phenoxy) is 2. The van der Waals surface area contributed by atoms with Crippen molar-refractivity contribution in [1.82, 2.24) is 15.2 Å². The van der Waals surface area contributed by atoms with Gasteiger partial charge in [0.25, 0.3) is 0 Å². The van der Waals surface area contributed by atoms with Gasteiger partial charge in [-0.25, -0.2) is 4.98 Å². The van der Waals surface area contributed by atoms with Crippen molar-refractivity contribution in [3.63, 3.8) is 0 Å². The van der Waals surface area contributed by atoms with Gasteiger partial charge in [-0.1, -0.05) is 11.6 Å². The van der Waals surface area contributed by atoms with Crippen molar-refractivity contribution in [1.29, 1.82) is 0 Å². The lowest BCUT2D eigenvalue weighted by Crippen LogP contribution is -1.98. The molecule has 1 aromatic heterocycles. The monoisotopic (exact) mass is 265 g/mol. The molecule has 0 spiro atoms. The van der Waals surface area contributed by atoms with Gasteiger partial charge in [0, 0.05) is 11.1 Å². The highest BCUT2D eigenvalue weighted by molar-refractivity contribution is 6.31. The molecule has 6 heteroatoms. The molecule has 94 valence electrons. The number of benzene rings is 1. The second-order valence-electron chi connectivity index (χ2n) is 3.57. The highest BCUT2D eigenvalue weighted by Gasteiger charge is 2.16. The molecular formula is C12H12ClN3O2. The van der Waals surface area contributed by atoms with Crippen LogP contribution < -0.4 is 9.47 Å². The molecule has 0 atom stereocenters. The average molecular weight is 266 g/mol. The molecule has 18 heavy (non-hydrogen) atoms. The summed E-state index contributed by atoms with van der Waals surface area (Å²) >= 11 is 6.01. The number of aromatic nitrogens is 3. The number of hydrogen-bond acceptors (Lipinski definition) is 5. The van der Waals surface area contributed by atoms with Crippen LogP contribution in [0.25, 0.3) is 11.3 Å². The summed E-state index contributed by atoms with van der Waals surface area (Å²) in [6.45, 7) is 1.90. The fraction of sp³-hybridized carbons (Fsp3) is 0.250. The maximum atomic E-state index is 6.01. The fourth-order valence-corrected chi connectivity index (χ4v) is 1.95. The van der Waals surface area contributed by atoms with Crippen molar-refractivity contribution >= 4 is 11.6 Å². The summed E-state index contributed by atoms with van der Waals surface area (Å²) in [5, 5.41) is 8.01. The normalized spacial score (nSPS) is 10.2. The Morgan fingerprint density at radius 2 is 1.94 bits per heavy atom. The number of halogens is 1. The quantitative estimate of drug-likeness (QED) is 0.853. The highest BCUT2D eigenvalue weighted by atomic mass is 35.5. The van der Waals surface area contributed by atoms with E-state index in [1.807, 2.05) is 19.1 Å². The van der Waals surface area contributed by atoms with E-state index in [1.165, 1.54) is 6.33 Å². The van der Waals surface area contributed by atoms with Crippen molar-refractivity contribution in [2.24, 2.45) is 0 Å². The van der Waals surface area contributed by atoms with E-state index in [9.17, 15) is 0 Å². The molecule has 1 aromatic carbocycles. The minimum absolute atomic E-state index is 0.285. The molecule has 0 saturated heterocycles. The van der Waals surface area contributed by atoms with Gasteiger partial charge in [0.1, 0.15) is 23.5 Å². The van der Waals surface area contributed by atoms with Gasteiger partial charge in [-0.2, -0.15) is 0 Å². The fourth-order valence-electron chi connectivity index (χ4n) is 1.77. The standard InChI is InChI=1S/C12H12ClN3O2/c1-7-9(17-2)5-4-8(11(7)18-3)10-12(13)14-6-15-16-10/h4-6H,1-3H3. The van der Waals surface area contributed by atoms with Crippen molar-refractivity contribution in [3.05, 3.63) is 29.2 Å². The van der Waals surface area contributed by atoms with Crippen LogP contribution in [0.15, 0.2) is 18.5 Å². The third-order valence-corrected chi connectivity index (χ3v) is 2.89. The van der Waals surface area contributed by atoms with E-state index in [-0.39, 0.29) is 5.15 Å². The molecule has 5 nitrogen and oxygen atoms in total. The predicted octanol–water partition coefficient (Wildman–Crippen LogP) is 2.52. The molecule has 0 aliphatic carbocycles. The van der Waals surface area contributed by atoms with Gasteiger partial charge in [-0.3, -0.25) is 0 Å². The minimum Gasteiger partial charge on any atom is -0.496 e. The Morgan fingerprint density at radius 1 is 1.17 bits per heavy atom. The Bertz CT molecular complexity index is 575. The van der Waals surface area contributed by atoms with E-state index < -0.39 is 0 Å². The Labute approximate surface area is 110 Å². The summed E-state index contributed by atoms with van der Waals surface area (Å²) in [5.74, 6) is 1.39. The first-order chi connectivity index (χ1) is 8.69. The number of methoxy groups -OCH3 is 2. The first-order valence-electron chi connectivity index (χ1n) is 5.24. The van der Waals surface area contributed by atoms with E-state index in [1.54, 1.807) is 14.2 Å². The minimum atomic E-state index is 0.285. The lowest BCUT2D eigenvalue weighted by Gasteiger charge is -2.13. The zero-order chi connectivity index (χ0) is 13.1. The van der Waals surface area contributed by atoms with E-state index in [2.05, 4.69) is 15.2 Å². The van der Waals surface area contributed by atoms with Crippen LogP contribution in [-0.2, 0) is 0 Å². The number of rotatable bonds is 3. The third kappa shape index (κ3) is 2.09. The molecule has 2 aromatic rings. The topological polar surface area (TPSA) is 57.1 Å². The van der Waals surface area contributed by atoms with E-state index in [4.69, 9.17) is 21.1 Å². The average Bonchev–Trinajstić information content (AvgIpc) is 2.39. The second-order valence-corrected chi connectivity index (χ2v) is 3.93. The Morgan fingerprint density at radius 3 is 2.56 bits per heavy atom. The first-order valence-corrected chi connectivity index (χ1v) is 5.62. The highest BCUT2D eigenvalue weighted by Crippen LogP contribution is 2.38. The van der Waals surface area contributed by atoms with Crippen LogP contribution in [0.5, 0.6) is 11.5 Å². The van der Waals surface area contributed by atoms with Crippen LogP contribution in [0.2, 0.25) is 5.15 Å². The van der Waals surface area contributed by atoms with Crippen LogP contribution in [-0.4, -0.2) is 29.4 Å². The van der Waals surface area contributed by atoms with E-state index >= 15 is 0 Å². The van der Waals surface area contributed by atoms with Crippen LogP contribution in [0.4, 0.5) is 0 Å². The zero-order valence-electron chi connectivity index (χ0n) is 10.3. The summed E-state index contributed by atoms with van der Waals surface area (Å²) in [6, 6.07) is 3.65. The van der Waals surface area contributed by atoms with Crippen LogP contribution >= 0.6 is 11.6 Å². The van der Waals surface area contributed by atoms with Crippen LogP contribution in [0, 0.1) is 6.92 Å². The number of hydrogen-bond donors (Lipinski definition) is 0. The molecular weight excluding hydrogens is 254 g/mol. The molecule has 0 aliphatic heterocycles. The summed E-state index contributed by atoms with van der Waals surface area (Å²) in [6.07, 6.45) is 1.30. The largest absolute Gasteiger partial charge is 0.496 e. The van der Waals surface area contributed by atoms with Gasteiger partial charge < -0.3 is 9.47 Å². The summed E-state index contributed by atoms with van der Waals surface area (Å²) in [5.41, 5.74) is 2.10. The molecule has 2 rings (SSSR count). The summed E-state index contributed by atoms with van der Waals surface area (Å²) < 4.78 is 10.6. The molecule has 0 N–H and O–H groups in total. The van der Waals surface area contributed by atoms with E-state index in [0.717, 1.165) is 16.9 Å². The van der Waals surface area contributed by atoms with Gasteiger partial charge in [0.2, 0.25) is 0 Å². The Balaban J connectivity index is 2.66. The van der Waals surface area contributed by atoms with Gasteiger partial charge in [-0.05, 0) is 19.1 Å². The molecule has 0 saturated carbocycles. The van der Waals surface area contributed by atoms with Crippen molar-refractivity contribution < 1.29 is 9.47 Å². The molecule has 1 heterocycles. The zero-order valence-corrected chi connectivity index (χ0v) is 11.0. The van der Waals surface area contributed by atoms with Gasteiger partial charge >= 0.3 is 0 Å². The molecule has 0 unspecified atom stereocenters. The summed E-state index contributed by atoms with van der Waals surface area (Å²) in [4.78, 5) is 3.91. The van der Waals surface area contributed by atoms with E-state index in [0.29, 0.717) is 11.4 Å². The Hall–Kier alpha value is -1.88. The molecule has 0 fully saturated rings. The maximum Gasteiger partial charge on any atom is 0.159 e. The molecule has 0 aliphatic rings. The van der Waals surface area contributed by atoms with Crippen molar-refractivity contribution in [2.75, 3.05) is 14.2 Å². The molecule has 0 amide bonds. The lowest BCUT2D eigenvalue weighted by molar-refractivity contribution is 0.390. The third-order valence-electron chi connectivity index (χ3n) is 2.61. The van der Waals surface area contributed by atoms with Crippen LogP contribution in [0.3, 0.4) is 0 Å². The summed E-state index contributed by atoms with van der Waals surface area (Å²) in [7, 11) is 3.20. The second kappa shape index (κ2) is 5.18. The van der Waals surface area contributed by atoms with Crippen molar-refractivity contribution in [2.45, 2.75) is 6.92 Å². The molecule has 0 radical (unpaired) electrons. The van der Waals surface area contributed by atoms with Gasteiger partial charge in [-0.15, -0.1) is 10.2 Å². The molecule has 0 bridgehead atoms. The smallest absolute Gasteiger partial charge is 0.159 e. The first kappa shape index (κ1) is 12.6. The van der Waals surface area contributed by atoms with Crippen molar-refractivity contribution in [3.8, 4) is 22.8 Å². The lowest BCUT2D eigenvalue weighted by atomic mass is 10.1. The van der Waals surface area contributed by atoms with Crippen LogP contribution in [0.1, 0.15) is 5.56 Å². The predicted molar refractivity (Wildman–Crippen MR) is 68.1 cm³/mol. The maximum absolute atomic E-state index is 6.01. The Kier molecular flexibility index (Phi) is 3.62. The number of nitrogens with zero attached hydrogens (tertiary/aromatic N) is 3. The SMILES string of the molecule is COc1ccc(-c2nncnc2Cl)c(OC)c1C. The van der Waals surface area contributed by atoms with Gasteiger partial charge in [0.05, 0.1) is 14.2 Å².